The smallest absolute Gasteiger partial charge is 0.133 e. The Morgan fingerprint density at radius 2 is 2.25 bits per heavy atom. The average molecular weight is 186 g/mol. The highest BCUT2D eigenvalue weighted by Gasteiger charge is 2.06. The molecule has 0 aliphatic rings. The number of hydrogen-bond acceptors (Lipinski definition) is 2. The third kappa shape index (κ3) is 1.69. The molecule has 0 amide bonds. The van der Waals surface area contributed by atoms with Gasteiger partial charge >= 0.3 is 0 Å². The van der Waals surface area contributed by atoms with Crippen molar-refractivity contribution in [3.8, 4) is 5.75 Å². The van der Waals surface area contributed by atoms with Gasteiger partial charge in [0.1, 0.15) is 10.9 Å². The van der Waals surface area contributed by atoms with Gasteiger partial charge in [0.25, 0.3) is 0 Å². The molecule has 66 valence electrons. The van der Waals surface area contributed by atoms with Crippen LogP contribution in [0.5, 0.6) is 5.75 Å². The monoisotopic (exact) mass is 185 g/mol. The van der Waals surface area contributed by atoms with Gasteiger partial charge in [0.2, 0.25) is 0 Å². The average Bonchev–Trinajstić information content (AvgIpc) is 2.08. The highest BCUT2D eigenvalue weighted by molar-refractivity contribution is 6.29. The number of halogens is 1. The Hall–Kier alpha value is -0.760. The minimum absolute atomic E-state index is 0.495. The highest BCUT2D eigenvalue weighted by atomic mass is 35.5. The van der Waals surface area contributed by atoms with Crippen LogP contribution < -0.4 is 4.74 Å². The molecule has 0 aliphatic carbocycles. The van der Waals surface area contributed by atoms with Crippen molar-refractivity contribution < 1.29 is 4.74 Å². The first kappa shape index (κ1) is 9.33. The van der Waals surface area contributed by atoms with Crippen molar-refractivity contribution in [1.82, 2.24) is 4.98 Å². The van der Waals surface area contributed by atoms with Crippen LogP contribution in [-0.4, -0.2) is 12.1 Å². The molecule has 1 aromatic heterocycles. The lowest BCUT2D eigenvalue weighted by Crippen LogP contribution is -1.96. The maximum atomic E-state index is 5.79. The molecule has 3 heteroatoms. The quantitative estimate of drug-likeness (QED) is 0.661. The minimum Gasteiger partial charge on any atom is -0.496 e. The van der Waals surface area contributed by atoms with Gasteiger partial charge in [0, 0.05) is 17.3 Å². The van der Waals surface area contributed by atoms with Crippen LogP contribution in [0.15, 0.2) is 6.07 Å². The zero-order valence-corrected chi connectivity index (χ0v) is 8.27. The summed E-state index contributed by atoms with van der Waals surface area (Å²) in [5, 5.41) is 0.495. The van der Waals surface area contributed by atoms with Crippen LogP contribution in [0.3, 0.4) is 0 Å². The topological polar surface area (TPSA) is 22.1 Å². The van der Waals surface area contributed by atoms with E-state index in [1.807, 2.05) is 13.8 Å². The van der Waals surface area contributed by atoms with Gasteiger partial charge in [0.15, 0.2) is 0 Å². The fourth-order valence-corrected chi connectivity index (χ4v) is 1.36. The number of pyridine rings is 1. The van der Waals surface area contributed by atoms with Crippen molar-refractivity contribution in [3.63, 3.8) is 0 Å². The van der Waals surface area contributed by atoms with Gasteiger partial charge in [-0.1, -0.05) is 18.5 Å². The number of aromatic nitrogens is 1. The zero-order chi connectivity index (χ0) is 9.14. The van der Waals surface area contributed by atoms with Gasteiger partial charge in [0.05, 0.1) is 7.11 Å². The molecule has 0 fully saturated rings. The summed E-state index contributed by atoms with van der Waals surface area (Å²) in [6.45, 7) is 4.03. The van der Waals surface area contributed by atoms with Gasteiger partial charge in [-0.25, -0.2) is 4.98 Å². The molecule has 0 N–H and O–H groups in total. The molecular weight excluding hydrogens is 174 g/mol. The summed E-state index contributed by atoms with van der Waals surface area (Å²) in [6, 6.07) is 1.73. The zero-order valence-electron chi connectivity index (χ0n) is 7.52. The van der Waals surface area contributed by atoms with Crippen LogP contribution in [0, 0.1) is 6.92 Å². The summed E-state index contributed by atoms with van der Waals surface area (Å²) < 4.78 is 5.14. The third-order valence-corrected chi connectivity index (χ3v) is 2.04. The molecule has 1 heterocycles. The molecule has 1 aromatic rings. The Morgan fingerprint density at radius 3 is 2.75 bits per heavy atom. The summed E-state index contributed by atoms with van der Waals surface area (Å²) >= 11 is 5.79. The number of ether oxygens (including phenoxy) is 1. The van der Waals surface area contributed by atoms with Gasteiger partial charge in [-0.05, 0) is 13.3 Å². The molecule has 0 atom stereocenters. The molecule has 0 saturated carbocycles. The fourth-order valence-electron chi connectivity index (χ4n) is 1.16. The van der Waals surface area contributed by atoms with E-state index in [2.05, 4.69) is 4.98 Å². The van der Waals surface area contributed by atoms with E-state index in [9.17, 15) is 0 Å². The van der Waals surface area contributed by atoms with Crippen LogP contribution in [-0.2, 0) is 6.42 Å². The van der Waals surface area contributed by atoms with Crippen LogP contribution in [0.1, 0.15) is 18.2 Å². The van der Waals surface area contributed by atoms with Gasteiger partial charge in [-0.2, -0.15) is 0 Å². The molecule has 0 aliphatic heterocycles. The molecule has 0 unspecified atom stereocenters. The number of hydrogen-bond donors (Lipinski definition) is 0. The Morgan fingerprint density at radius 1 is 1.58 bits per heavy atom. The summed E-state index contributed by atoms with van der Waals surface area (Å²) in [5.74, 6) is 0.812. The van der Waals surface area contributed by atoms with E-state index in [1.165, 1.54) is 0 Å². The number of rotatable bonds is 2. The van der Waals surface area contributed by atoms with Crippen molar-refractivity contribution in [3.05, 3.63) is 22.5 Å². The Balaban J connectivity index is 3.22. The van der Waals surface area contributed by atoms with E-state index in [4.69, 9.17) is 16.3 Å². The second-order valence-corrected chi connectivity index (χ2v) is 2.96. The normalized spacial score (nSPS) is 10.0. The van der Waals surface area contributed by atoms with Crippen LogP contribution in [0.4, 0.5) is 0 Å². The second-order valence-electron chi connectivity index (χ2n) is 2.57. The van der Waals surface area contributed by atoms with E-state index >= 15 is 0 Å². The highest BCUT2D eigenvalue weighted by Crippen LogP contribution is 2.23. The predicted molar refractivity (Wildman–Crippen MR) is 49.9 cm³/mol. The Labute approximate surface area is 77.5 Å². The molecule has 0 spiro atoms. The van der Waals surface area contributed by atoms with Crippen LogP contribution in [0.2, 0.25) is 5.15 Å². The SMILES string of the molecule is CCc1nc(Cl)cc(OC)c1C. The molecule has 0 aromatic carbocycles. The standard InChI is InChI=1S/C9H12ClNO/c1-4-7-6(2)8(12-3)5-9(10)11-7/h5H,4H2,1-3H3. The minimum atomic E-state index is 0.495. The van der Waals surface area contributed by atoms with Crippen molar-refractivity contribution >= 4 is 11.6 Å². The Bertz CT molecular complexity index is 261. The first-order chi connectivity index (χ1) is 5.69. The van der Waals surface area contributed by atoms with Crippen LogP contribution >= 0.6 is 11.6 Å². The first-order valence-electron chi connectivity index (χ1n) is 3.89. The molecule has 0 bridgehead atoms. The van der Waals surface area contributed by atoms with E-state index in [-0.39, 0.29) is 0 Å². The summed E-state index contributed by atoms with van der Waals surface area (Å²) in [5.41, 5.74) is 2.07. The van der Waals surface area contributed by atoms with Gasteiger partial charge < -0.3 is 4.74 Å². The van der Waals surface area contributed by atoms with E-state index < -0.39 is 0 Å². The molecule has 0 saturated heterocycles. The van der Waals surface area contributed by atoms with E-state index in [0.29, 0.717) is 5.15 Å². The van der Waals surface area contributed by atoms with Crippen molar-refractivity contribution in [2.75, 3.05) is 7.11 Å². The summed E-state index contributed by atoms with van der Waals surface area (Å²) in [7, 11) is 1.64. The largest absolute Gasteiger partial charge is 0.496 e. The molecule has 0 radical (unpaired) electrons. The lowest BCUT2D eigenvalue weighted by Gasteiger charge is -2.08. The molecule has 2 nitrogen and oxygen atoms in total. The molecule has 12 heavy (non-hydrogen) atoms. The van der Waals surface area contributed by atoms with Crippen molar-refractivity contribution in [1.29, 1.82) is 0 Å². The predicted octanol–water partition coefficient (Wildman–Crippen LogP) is 2.61. The van der Waals surface area contributed by atoms with Crippen molar-refractivity contribution in [2.24, 2.45) is 0 Å². The fraction of sp³-hybridized carbons (Fsp3) is 0.444. The summed E-state index contributed by atoms with van der Waals surface area (Å²) in [4.78, 5) is 4.19. The number of methoxy groups -OCH3 is 1. The van der Waals surface area contributed by atoms with E-state index in [0.717, 1.165) is 23.4 Å². The number of aryl methyl sites for hydroxylation is 1. The molecule has 1 rings (SSSR count). The van der Waals surface area contributed by atoms with E-state index in [1.54, 1.807) is 13.2 Å². The molecular formula is C9H12ClNO. The van der Waals surface area contributed by atoms with Gasteiger partial charge in [-0.15, -0.1) is 0 Å². The second kappa shape index (κ2) is 3.76. The third-order valence-electron chi connectivity index (χ3n) is 1.85. The lowest BCUT2D eigenvalue weighted by molar-refractivity contribution is 0.410. The first-order valence-corrected chi connectivity index (χ1v) is 4.26. The maximum Gasteiger partial charge on any atom is 0.133 e. The maximum absolute atomic E-state index is 5.79. The number of nitrogens with zero attached hydrogens (tertiary/aromatic N) is 1. The Kier molecular flexibility index (Phi) is 2.93. The van der Waals surface area contributed by atoms with Crippen LogP contribution in [0.25, 0.3) is 0 Å². The van der Waals surface area contributed by atoms with Crippen molar-refractivity contribution in [2.45, 2.75) is 20.3 Å². The lowest BCUT2D eigenvalue weighted by atomic mass is 10.1. The summed E-state index contributed by atoms with van der Waals surface area (Å²) in [6.07, 6.45) is 0.878. The van der Waals surface area contributed by atoms with Gasteiger partial charge in [-0.3, -0.25) is 0 Å².